The fraction of sp³-hybridized carbons (Fsp3) is 0.958. The van der Waals surface area contributed by atoms with Crippen molar-refractivity contribution < 1.29 is 9.59 Å². The predicted molar refractivity (Wildman–Crippen MR) is 203 cm³/mol. The average Bonchev–Trinajstić information content (AvgIpc) is 3.06. The second kappa shape index (κ2) is 10.9. The smallest absolute Gasteiger partial charge is 0.229 e. The van der Waals surface area contributed by atoms with Crippen molar-refractivity contribution in [2.75, 3.05) is 0 Å². The van der Waals surface area contributed by atoms with Gasteiger partial charge in [-0.1, -0.05) is 0 Å². The quantitative estimate of drug-likeness (QED) is 0.276. The summed E-state index contributed by atoms with van der Waals surface area (Å²) in [5.41, 5.74) is 0.242. The number of hydrogen-bond acceptors (Lipinski definition) is 2. The summed E-state index contributed by atoms with van der Waals surface area (Å²) in [6.45, 7) is 0. The first-order chi connectivity index (χ1) is 25.2. The Bertz CT molecular complexity index is 1260. The summed E-state index contributed by atoms with van der Waals surface area (Å²) in [6.07, 6.45) is 37.2. The number of carbonyl (C=O) groups excluding carboxylic acids is 2. The number of carbonyl (C=O) groups is 2. The van der Waals surface area contributed by atoms with Gasteiger partial charge in [0.25, 0.3) is 0 Å². The van der Waals surface area contributed by atoms with E-state index in [1.165, 1.54) is 180 Å². The van der Waals surface area contributed by atoms with Gasteiger partial charge in [-0.2, -0.15) is 0 Å². The lowest BCUT2D eigenvalue weighted by atomic mass is 9.48. The zero-order chi connectivity index (χ0) is 34.2. The van der Waals surface area contributed by atoms with Gasteiger partial charge in [0.2, 0.25) is 11.8 Å². The monoisotopic (exact) mass is 707 g/mol. The maximum Gasteiger partial charge on any atom is 0.229 e. The van der Waals surface area contributed by atoms with E-state index in [2.05, 4.69) is 9.80 Å². The molecule has 17 fully saturated rings. The van der Waals surface area contributed by atoms with Gasteiger partial charge >= 0.3 is 0 Å². The van der Waals surface area contributed by atoms with E-state index in [9.17, 15) is 0 Å². The molecule has 17 aliphatic carbocycles. The fourth-order valence-electron chi connectivity index (χ4n) is 21.1. The number of amides is 2. The Kier molecular flexibility index (Phi) is 6.70. The van der Waals surface area contributed by atoms with E-state index < -0.39 is 0 Å². The summed E-state index contributed by atoms with van der Waals surface area (Å²) >= 11 is 0. The molecule has 0 aromatic rings. The summed E-state index contributed by atoms with van der Waals surface area (Å²) in [5.74, 6) is 11.6. The lowest BCUT2D eigenvalue weighted by Gasteiger charge is -2.66. The van der Waals surface area contributed by atoms with Gasteiger partial charge in [-0.05, 0) is 251 Å². The highest BCUT2D eigenvalue weighted by Crippen LogP contribution is 2.66. The molecule has 17 aliphatic rings. The van der Waals surface area contributed by atoms with Crippen molar-refractivity contribution in [3.05, 3.63) is 0 Å². The molecule has 2 amide bonds. The Hall–Kier alpha value is -1.06. The summed E-state index contributed by atoms with van der Waals surface area (Å²) in [7, 11) is 0. The topological polar surface area (TPSA) is 40.6 Å². The van der Waals surface area contributed by atoms with Gasteiger partial charge in [-0.15, -0.1) is 0 Å². The van der Waals surface area contributed by atoms with Crippen molar-refractivity contribution in [2.45, 2.75) is 203 Å². The van der Waals surface area contributed by atoms with Crippen LogP contribution in [0.2, 0.25) is 0 Å². The zero-order valence-electron chi connectivity index (χ0n) is 32.6. The lowest BCUT2D eigenvalue weighted by Crippen LogP contribution is -2.70. The first-order valence-corrected chi connectivity index (χ1v) is 23.9. The highest BCUT2D eigenvalue weighted by molar-refractivity contribution is 5.85. The SMILES string of the molecule is O=C(N(C1CCC(N(C(=O)C23CC4CC(CC(C4)C2)C3)C23CC4CC(CC(C4)C2)C3)CC1)C12CC3CC(CC(C3)C1)C2)C12CC3CC(CC(C3)C1)C2. The molecule has 0 aromatic heterocycles. The van der Waals surface area contributed by atoms with Crippen LogP contribution in [0.15, 0.2) is 0 Å². The molecule has 4 heteroatoms. The van der Waals surface area contributed by atoms with E-state index in [1.807, 2.05) is 0 Å². The first kappa shape index (κ1) is 32.1. The van der Waals surface area contributed by atoms with Crippen LogP contribution in [-0.2, 0) is 9.59 Å². The molecule has 0 aromatic carbocycles. The van der Waals surface area contributed by atoms with Crippen LogP contribution in [0.1, 0.15) is 180 Å². The van der Waals surface area contributed by atoms with Gasteiger partial charge in [-0.25, -0.2) is 0 Å². The van der Waals surface area contributed by atoms with E-state index in [1.54, 1.807) is 0 Å². The molecule has 0 N–H and O–H groups in total. The second-order valence-electron chi connectivity index (χ2n) is 24.5. The molecule has 4 nitrogen and oxygen atoms in total. The van der Waals surface area contributed by atoms with E-state index in [0.717, 1.165) is 71.0 Å². The summed E-state index contributed by atoms with van der Waals surface area (Å²) in [4.78, 5) is 37.2. The Morgan fingerprint density at radius 1 is 0.308 bits per heavy atom. The largest absolute Gasteiger partial charge is 0.334 e. The molecular formula is C48H70N2O2. The molecule has 0 radical (unpaired) electrons. The molecular weight excluding hydrogens is 637 g/mol. The molecule has 52 heavy (non-hydrogen) atoms. The van der Waals surface area contributed by atoms with Crippen molar-refractivity contribution in [2.24, 2.45) is 81.8 Å². The number of nitrogens with zero attached hydrogens (tertiary/aromatic N) is 2. The van der Waals surface area contributed by atoms with Crippen molar-refractivity contribution in [1.29, 1.82) is 0 Å². The third-order valence-corrected chi connectivity index (χ3v) is 20.9. The van der Waals surface area contributed by atoms with Gasteiger partial charge in [0.05, 0.1) is 10.8 Å². The maximum absolute atomic E-state index is 15.8. The van der Waals surface area contributed by atoms with Crippen LogP contribution in [0.4, 0.5) is 0 Å². The Morgan fingerprint density at radius 2 is 0.500 bits per heavy atom. The molecule has 0 saturated heterocycles. The maximum atomic E-state index is 15.8. The van der Waals surface area contributed by atoms with Crippen molar-refractivity contribution >= 4 is 11.8 Å². The van der Waals surface area contributed by atoms with E-state index in [-0.39, 0.29) is 21.9 Å². The van der Waals surface area contributed by atoms with Crippen molar-refractivity contribution in [3.63, 3.8) is 0 Å². The summed E-state index contributed by atoms with van der Waals surface area (Å²) in [5, 5.41) is 0. The number of rotatable bonds is 6. The van der Waals surface area contributed by atoms with Gasteiger partial charge in [0, 0.05) is 23.2 Å². The van der Waals surface area contributed by atoms with E-state index in [4.69, 9.17) is 0 Å². The third-order valence-electron chi connectivity index (χ3n) is 20.9. The van der Waals surface area contributed by atoms with Crippen LogP contribution < -0.4 is 0 Å². The average molecular weight is 707 g/mol. The molecule has 17 saturated carbocycles. The van der Waals surface area contributed by atoms with Gasteiger partial charge < -0.3 is 9.80 Å². The molecule has 0 aliphatic heterocycles. The van der Waals surface area contributed by atoms with Crippen LogP contribution in [0.3, 0.4) is 0 Å². The highest BCUT2D eigenvalue weighted by atomic mass is 16.2. The summed E-state index contributed by atoms with van der Waals surface area (Å²) < 4.78 is 0. The van der Waals surface area contributed by atoms with Crippen LogP contribution in [-0.4, -0.2) is 44.8 Å². The van der Waals surface area contributed by atoms with Crippen molar-refractivity contribution in [1.82, 2.24) is 9.80 Å². The molecule has 0 atom stereocenters. The Morgan fingerprint density at radius 3 is 0.712 bits per heavy atom. The molecule has 17 rings (SSSR count). The minimum atomic E-state index is -0.0331. The zero-order valence-corrected chi connectivity index (χ0v) is 32.6. The van der Waals surface area contributed by atoms with Gasteiger partial charge in [0.15, 0.2) is 0 Å². The van der Waals surface area contributed by atoms with Crippen LogP contribution in [0, 0.1) is 81.8 Å². The standard InChI is InChI=1S/C48H70N2O2/c51-43(45-17-29-5-30(18-45)7-31(6-29)19-45)49(47-23-35-11-36(24-47)13-37(12-35)25-47)41-1-2-42(4-3-41)50(48-26-38-14-39(27-48)16-40(15-38)28-48)44(52)46-20-32-8-33(21-46)10-34(9-32)22-46/h29-42H,1-28H2. The van der Waals surface area contributed by atoms with Gasteiger partial charge in [-0.3, -0.25) is 9.59 Å². The van der Waals surface area contributed by atoms with Gasteiger partial charge in [0.1, 0.15) is 0 Å². The predicted octanol–water partition coefficient (Wildman–Crippen LogP) is 10.3. The summed E-state index contributed by atoms with van der Waals surface area (Å²) in [6, 6.07) is 0.835. The fourth-order valence-corrected chi connectivity index (χ4v) is 21.1. The molecule has 0 heterocycles. The van der Waals surface area contributed by atoms with E-state index in [0.29, 0.717) is 23.9 Å². The third kappa shape index (κ3) is 4.57. The normalized spacial score (nSPS) is 58.2. The molecule has 284 valence electrons. The van der Waals surface area contributed by atoms with Crippen LogP contribution in [0.5, 0.6) is 0 Å². The minimum absolute atomic E-state index is 0.0331. The van der Waals surface area contributed by atoms with Crippen molar-refractivity contribution in [3.8, 4) is 0 Å². The minimum Gasteiger partial charge on any atom is -0.334 e. The first-order valence-electron chi connectivity index (χ1n) is 23.9. The highest BCUT2D eigenvalue weighted by Gasteiger charge is 2.64. The lowest BCUT2D eigenvalue weighted by molar-refractivity contribution is -0.188. The molecule has 0 spiro atoms. The second-order valence-corrected chi connectivity index (χ2v) is 24.5. The molecule has 16 bridgehead atoms. The number of hydrogen-bond donors (Lipinski definition) is 0. The Labute approximate surface area is 315 Å². The van der Waals surface area contributed by atoms with Crippen LogP contribution in [0.25, 0.3) is 0 Å². The Balaban J connectivity index is 0.837. The van der Waals surface area contributed by atoms with E-state index >= 15 is 9.59 Å². The van der Waals surface area contributed by atoms with Crippen LogP contribution >= 0.6 is 0 Å². The molecule has 0 unspecified atom stereocenters.